The molecule has 1 aromatic heterocycles. The van der Waals surface area contributed by atoms with Crippen molar-refractivity contribution in [2.45, 2.75) is 32.4 Å². The van der Waals surface area contributed by atoms with Crippen molar-refractivity contribution in [1.29, 1.82) is 0 Å². The average Bonchev–Trinajstić information content (AvgIpc) is 2.87. The van der Waals surface area contributed by atoms with Gasteiger partial charge in [0.25, 0.3) is 0 Å². The van der Waals surface area contributed by atoms with Crippen LogP contribution in [0.1, 0.15) is 24.5 Å². The average molecular weight is 473 g/mol. The smallest absolute Gasteiger partial charge is 0.227 e. The number of hydrogen-bond acceptors (Lipinski definition) is 7. The van der Waals surface area contributed by atoms with Crippen LogP contribution in [0.4, 0.5) is 17.3 Å². The summed E-state index contributed by atoms with van der Waals surface area (Å²) in [6.45, 7) is 8.65. The zero-order valence-corrected chi connectivity index (χ0v) is 20.8. The van der Waals surface area contributed by atoms with Crippen molar-refractivity contribution in [3.63, 3.8) is 0 Å². The fourth-order valence-corrected chi connectivity index (χ4v) is 4.87. The summed E-state index contributed by atoms with van der Waals surface area (Å²) in [5.41, 5.74) is 6.87. The van der Waals surface area contributed by atoms with Gasteiger partial charge in [-0.2, -0.15) is 0 Å². The molecule has 0 saturated carbocycles. The van der Waals surface area contributed by atoms with E-state index in [2.05, 4.69) is 81.9 Å². The Hall–Kier alpha value is -3.00. The molecule has 6 rings (SSSR count). The lowest BCUT2D eigenvalue weighted by atomic mass is 10.0. The Bertz CT molecular complexity index is 1110. The fourth-order valence-electron chi connectivity index (χ4n) is 4.87. The molecule has 3 aliphatic rings. The van der Waals surface area contributed by atoms with Crippen LogP contribution in [0.2, 0.25) is 0 Å². The molecule has 0 radical (unpaired) electrons. The van der Waals surface area contributed by atoms with Gasteiger partial charge in [0.1, 0.15) is 0 Å². The van der Waals surface area contributed by atoms with Crippen LogP contribution in [0.5, 0.6) is 0 Å². The molecule has 3 aliphatic heterocycles. The second-order valence-electron chi connectivity index (χ2n) is 9.73. The van der Waals surface area contributed by atoms with Crippen LogP contribution in [0.3, 0.4) is 0 Å². The molecule has 6 bridgehead atoms. The van der Waals surface area contributed by atoms with Gasteiger partial charge in [-0.05, 0) is 75.3 Å². The Labute approximate surface area is 208 Å². The predicted octanol–water partition coefficient (Wildman–Crippen LogP) is 4.08. The Morgan fingerprint density at radius 3 is 2.63 bits per heavy atom. The van der Waals surface area contributed by atoms with Gasteiger partial charge in [0.15, 0.2) is 0 Å². The van der Waals surface area contributed by atoms with E-state index in [9.17, 15) is 0 Å². The van der Waals surface area contributed by atoms with Gasteiger partial charge in [-0.15, -0.1) is 0 Å². The van der Waals surface area contributed by atoms with Gasteiger partial charge in [0.05, 0.1) is 18.9 Å². The molecule has 7 heteroatoms. The van der Waals surface area contributed by atoms with Gasteiger partial charge in [0, 0.05) is 48.8 Å². The second-order valence-corrected chi connectivity index (χ2v) is 9.73. The van der Waals surface area contributed by atoms with E-state index in [1.54, 1.807) is 0 Å². The van der Waals surface area contributed by atoms with Crippen molar-refractivity contribution >= 4 is 17.3 Å². The summed E-state index contributed by atoms with van der Waals surface area (Å²) in [5.74, 6) is 0.612. The van der Waals surface area contributed by atoms with Crippen molar-refractivity contribution in [3.8, 4) is 11.3 Å². The summed E-state index contributed by atoms with van der Waals surface area (Å²) in [6, 6.07) is 17.8. The molecule has 2 aromatic carbocycles. The van der Waals surface area contributed by atoms with Crippen molar-refractivity contribution in [1.82, 2.24) is 20.2 Å². The molecule has 1 saturated heterocycles. The highest BCUT2D eigenvalue weighted by Crippen LogP contribution is 2.27. The molecule has 4 heterocycles. The second kappa shape index (κ2) is 11.2. The number of nitrogens with zero attached hydrogens (tertiary/aromatic N) is 4. The molecule has 0 amide bonds. The molecule has 3 aromatic rings. The van der Waals surface area contributed by atoms with Gasteiger partial charge in [0.2, 0.25) is 5.95 Å². The van der Waals surface area contributed by atoms with Crippen molar-refractivity contribution in [2.75, 3.05) is 56.7 Å². The maximum atomic E-state index is 5.58. The van der Waals surface area contributed by atoms with Crippen molar-refractivity contribution < 1.29 is 4.74 Å². The third kappa shape index (κ3) is 6.36. The molecule has 184 valence electrons. The highest BCUT2D eigenvalue weighted by molar-refractivity contribution is 5.66. The molecule has 2 N–H and O–H groups in total. The molecule has 0 spiro atoms. The number of rotatable bonds is 1. The van der Waals surface area contributed by atoms with E-state index in [1.165, 1.54) is 16.8 Å². The molecule has 35 heavy (non-hydrogen) atoms. The number of hydrogen-bond donors (Lipinski definition) is 2. The molecular formula is C28H36N6O. The summed E-state index contributed by atoms with van der Waals surface area (Å²) >= 11 is 0. The molecule has 1 atom stereocenters. The van der Waals surface area contributed by atoms with E-state index in [4.69, 9.17) is 9.72 Å². The summed E-state index contributed by atoms with van der Waals surface area (Å²) in [4.78, 5) is 14.1. The summed E-state index contributed by atoms with van der Waals surface area (Å²) in [7, 11) is 2.20. The van der Waals surface area contributed by atoms with Crippen LogP contribution in [-0.2, 0) is 17.7 Å². The lowest BCUT2D eigenvalue weighted by Gasteiger charge is -2.30. The third-order valence-electron chi connectivity index (χ3n) is 6.72. The number of anilines is 3. The zero-order chi connectivity index (χ0) is 24.0. The first-order valence-electron chi connectivity index (χ1n) is 12.7. The van der Waals surface area contributed by atoms with Crippen LogP contribution in [0.15, 0.2) is 54.7 Å². The lowest BCUT2D eigenvalue weighted by molar-refractivity contribution is 0.122. The van der Waals surface area contributed by atoms with E-state index in [1.807, 2.05) is 12.3 Å². The normalized spacial score (nSPS) is 19.9. The van der Waals surface area contributed by atoms with Crippen LogP contribution >= 0.6 is 0 Å². The van der Waals surface area contributed by atoms with Crippen LogP contribution in [0.25, 0.3) is 11.3 Å². The number of benzene rings is 2. The van der Waals surface area contributed by atoms with E-state index in [-0.39, 0.29) is 0 Å². The number of ether oxygens (including phenoxy) is 1. The van der Waals surface area contributed by atoms with Gasteiger partial charge >= 0.3 is 0 Å². The van der Waals surface area contributed by atoms with Crippen molar-refractivity contribution in [2.24, 2.45) is 0 Å². The van der Waals surface area contributed by atoms with Crippen molar-refractivity contribution in [3.05, 3.63) is 65.9 Å². The molecular weight excluding hydrogens is 436 g/mol. The first kappa shape index (κ1) is 23.7. The SMILES string of the molecule is CC1Cc2cc(cc(N3CCOCC3)c2)Nc2nccc(n2)-c2ccc(cc2)CN(C)CCCN1. The lowest BCUT2D eigenvalue weighted by Crippen LogP contribution is -2.36. The van der Waals surface area contributed by atoms with Crippen LogP contribution in [0, 0.1) is 0 Å². The summed E-state index contributed by atoms with van der Waals surface area (Å²) in [6.07, 6.45) is 3.92. The molecule has 7 nitrogen and oxygen atoms in total. The van der Waals surface area contributed by atoms with Gasteiger partial charge in [-0.25, -0.2) is 9.97 Å². The number of morpholine rings is 1. The van der Waals surface area contributed by atoms with Gasteiger partial charge in [-0.1, -0.05) is 24.3 Å². The number of aromatic nitrogens is 2. The van der Waals surface area contributed by atoms with Crippen LogP contribution < -0.4 is 15.5 Å². The standard InChI is InChI=1S/C28H36N6O/c1-21-16-23-17-25(19-26(18-23)34-12-14-35-15-13-34)31-28-30-10-8-27(32-28)24-6-4-22(5-7-24)20-33(2)11-3-9-29-21/h4-8,10,17-19,21,29H,3,9,11-16,20H2,1-2H3,(H,30,31,32). The van der Waals surface area contributed by atoms with Crippen LogP contribution in [-0.4, -0.2) is 67.4 Å². The minimum atomic E-state index is 0.391. The highest BCUT2D eigenvalue weighted by atomic mass is 16.5. The third-order valence-corrected chi connectivity index (χ3v) is 6.72. The minimum absolute atomic E-state index is 0.391. The van der Waals surface area contributed by atoms with E-state index >= 15 is 0 Å². The van der Waals surface area contributed by atoms with E-state index in [0.29, 0.717) is 12.0 Å². The molecule has 1 fully saturated rings. The Morgan fingerprint density at radius 2 is 1.80 bits per heavy atom. The summed E-state index contributed by atoms with van der Waals surface area (Å²) < 4.78 is 5.58. The van der Waals surface area contributed by atoms with Gasteiger partial charge < -0.3 is 25.2 Å². The quantitative estimate of drug-likeness (QED) is 0.553. The maximum Gasteiger partial charge on any atom is 0.227 e. The fraction of sp³-hybridized carbons (Fsp3) is 0.429. The largest absolute Gasteiger partial charge is 0.378 e. The first-order valence-corrected chi connectivity index (χ1v) is 12.7. The number of fused-ring (bicyclic) bond motifs is 9. The molecule has 1 unspecified atom stereocenters. The molecule has 0 aliphatic carbocycles. The Balaban J connectivity index is 1.47. The Kier molecular flexibility index (Phi) is 7.57. The number of nitrogens with one attached hydrogen (secondary N) is 2. The zero-order valence-electron chi connectivity index (χ0n) is 20.8. The van der Waals surface area contributed by atoms with E-state index < -0.39 is 0 Å². The predicted molar refractivity (Wildman–Crippen MR) is 142 cm³/mol. The first-order chi connectivity index (χ1) is 17.1. The Morgan fingerprint density at radius 1 is 0.971 bits per heavy atom. The summed E-state index contributed by atoms with van der Waals surface area (Å²) in [5, 5.41) is 7.20. The monoisotopic (exact) mass is 472 g/mol. The maximum absolute atomic E-state index is 5.58. The highest BCUT2D eigenvalue weighted by Gasteiger charge is 2.15. The van der Waals surface area contributed by atoms with Gasteiger partial charge in [-0.3, -0.25) is 0 Å². The van der Waals surface area contributed by atoms with E-state index in [0.717, 1.165) is 75.7 Å². The topological polar surface area (TPSA) is 65.5 Å². The minimum Gasteiger partial charge on any atom is -0.378 e.